The first-order chi connectivity index (χ1) is 9.11. The van der Waals surface area contributed by atoms with E-state index in [2.05, 4.69) is 12.2 Å². The first-order valence-corrected chi connectivity index (χ1v) is 7.47. The zero-order chi connectivity index (χ0) is 13.8. The summed E-state index contributed by atoms with van der Waals surface area (Å²) in [5.74, 6) is 2.41. The molecule has 0 fully saturated rings. The minimum Gasteiger partial charge on any atom is -0.454 e. The normalized spacial score (nSPS) is 14.2. The molecule has 1 amide bonds. The number of anilines is 1. The van der Waals surface area contributed by atoms with Gasteiger partial charge in [-0.05, 0) is 24.0 Å². The molecule has 0 aliphatic carbocycles. The Labute approximate surface area is 116 Å². The van der Waals surface area contributed by atoms with Crippen molar-refractivity contribution in [3.8, 4) is 11.5 Å². The third kappa shape index (κ3) is 3.26. The molecule has 1 heterocycles. The summed E-state index contributed by atoms with van der Waals surface area (Å²) in [5.41, 5.74) is 6.69. The van der Waals surface area contributed by atoms with Crippen LogP contribution in [0.2, 0.25) is 0 Å². The van der Waals surface area contributed by atoms with Gasteiger partial charge in [0.1, 0.15) is 0 Å². The van der Waals surface area contributed by atoms with Crippen LogP contribution in [0.15, 0.2) is 12.1 Å². The fraction of sp³-hybridized carbons (Fsp3) is 0.462. The summed E-state index contributed by atoms with van der Waals surface area (Å²) in [5, 5.41) is 2.89. The standard InChI is InChI=1S/C13H18N2O3S/c1-8(6-19-2)5-15-13(16)9-3-11-12(4-10(9)14)18-7-17-11/h3-4,8H,5-7,14H2,1-2H3,(H,15,16). The molecule has 3 N–H and O–H groups in total. The zero-order valence-corrected chi connectivity index (χ0v) is 11.9. The van der Waals surface area contributed by atoms with Crippen molar-refractivity contribution in [1.29, 1.82) is 0 Å². The van der Waals surface area contributed by atoms with E-state index < -0.39 is 0 Å². The van der Waals surface area contributed by atoms with Gasteiger partial charge >= 0.3 is 0 Å². The number of carbonyl (C=O) groups is 1. The van der Waals surface area contributed by atoms with E-state index in [0.717, 1.165) is 5.75 Å². The van der Waals surface area contributed by atoms with E-state index in [1.165, 1.54) is 0 Å². The molecule has 1 aliphatic rings. The zero-order valence-electron chi connectivity index (χ0n) is 11.1. The molecule has 2 rings (SSSR count). The molecule has 1 unspecified atom stereocenters. The summed E-state index contributed by atoms with van der Waals surface area (Å²) < 4.78 is 10.5. The summed E-state index contributed by atoms with van der Waals surface area (Å²) in [6.07, 6.45) is 2.05. The summed E-state index contributed by atoms with van der Waals surface area (Å²) in [6, 6.07) is 3.26. The number of amides is 1. The molecule has 0 spiro atoms. The van der Waals surface area contributed by atoms with Crippen molar-refractivity contribution in [2.24, 2.45) is 5.92 Å². The molecule has 0 saturated carbocycles. The van der Waals surface area contributed by atoms with Gasteiger partial charge in [0.2, 0.25) is 6.79 Å². The highest BCUT2D eigenvalue weighted by Gasteiger charge is 2.19. The minimum absolute atomic E-state index is 0.171. The summed E-state index contributed by atoms with van der Waals surface area (Å²) in [7, 11) is 0. The van der Waals surface area contributed by atoms with Crippen molar-refractivity contribution in [1.82, 2.24) is 5.32 Å². The Kier molecular flexibility index (Phi) is 4.42. The Hall–Kier alpha value is -1.56. The highest BCUT2D eigenvalue weighted by atomic mass is 32.2. The van der Waals surface area contributed by atoms with E-state index in [9.17, 15) is 4.79 Å². The third-order valence-corrected chi connectivity index (χ3v) is 3.75. The number of ether oxygens (including phenoxy) is 2. The van der Waals surface area contributed by atoms with Gasteiger partial charge in [-0.25, -0.2) is 0 Å². The van der Waals surface area contributed by atoms with Crippen LogP contribution in [0.4, 0.5) is 5.69 Å². The number of nitrogen functional groups attached to an aromatic ring is 1. The maximum atomic E-state index is 12.1. The van der Waals surface area contributed by atoms with Crippen molar-refractivity contribution >= 4 is 23.4 Å². The second kappa shape index (κ2) is 6.06. The molecule has 1 aromatic carbocycles. The van der Waals surface area contributed by atoms with Gasteiger partial charge in [-0.1, -0.05) is 6.92 Å². The molecule has 6 heteroatoms. The number of fused-ring (bicyclic) bond motifs is 1. The molecular weight excluding hydrogens is 264 g/mol. The Morgan fingerprint density at radius 1 is 1.47 bits per heavy atom. The summed E-state index contributed by atoms with van der Waals surface area (Å²) in [4.78, 5) is 12.1. The molecule has 0 bridgehead atoms. The lowest BCUT2D eigenvalue weighted by Gasteiger charge is -2.12. The molecule has 5 nitrogen and oxygen atoms in total. The summed E-state index contributed by atoms with van der Waals surface area (Å²) >= 11 is 1.76. The number of carbonyl (C=O) groups excluding carboxylic acids is 1. The molecule has 0 radical (unpaired) electrons. The predicted molar refractivity (Wildman–Crippen MR) is 76.9 cm³/mol. The quantitative estimate of drug-likeness (QED) is 0.805. The molecule has 1 aliphatic heterocycles. The van der Waals surface area contributed by atoms with Gasteiger partial charge in [-0.2, -0.15) is 11.8 Å². The number of rotatable bonds is 5. The van der Waals surface area contributed by atoms with Crippen molar-refractivity contribution in [3.05, 3.63) is 17.7 Å². The van der Waals surface area contributed by atoms with Crippen LogP contribution in [0.3, 0.4) is 0 Å². The molecular formula is C13H18N2O3S. The Morgan fingerprint density at radius 2 is 2.16 bits per heavy atom. The predicted octanol–water partition coefficient (Wildman–Crippen LogP) is 1.73. The minimum atomic E-state index is -0.177. The van der Waals surface area contributed by atoms with Crippen molar-refractivity contribution < 1.29 is 14.3 Å². The highest BCUT2D eigenvalue weighted by molar-refractivity contribution is 7.98. The van der Waals surface area contributed by atoms with Gasteiger partial charge in [0, 0.05) is 18.3 Å². The fourth-order valence-corrected chi connectivity index (χ4v) is 2.55. The van der Waals surface area contributed by atoms with Crippen molar-refractivity contribution in [2.75, 3.05) is 31.1 Å². The lowest BCUT2D eigenvalue weighted by atomic mass is 10.1. The number of thioether (sulfide) groups is 1. The van der Waals surface area contributed by atoms with E-state index in [1.54, 1.807) is 23.9 Å². The van der Waals surface area contributed by atoms with Crippen molar-refractivity contribution in [2.45, 2.75) is 6.92 Å². The van der Waals surface area contributed by atoms with Crippen LogP contribution in [-0.2, 0) is 0 Å². The first-order valence-electron chi connectivity index (χ1n) is 6.08. The summed E-state index contributed by atoms with van der Waals surface area (Å²) in [6.45, 7) is 2.90. The average Bonchev–Trinajstić information content (AvgIpc) is 2.82. The van der Waals surface area contributed by atoms with Crippen LogP contribution >= 0.6 is 11.8 Å². The average molecular weight is 282 g/mol. The number of nitrogens with two attached hydrogens (primary N) is 1. The van der Waals surface area contributed by atoms with E-state index in [-0.39, 0.29) is 12.7 Å². The number of nitrogens with one attached hydrogen (secondary N) is 1. The molecule has 104 valence electrons. The van der Waals surface area contributed by atoms with Gasteiger partial charge in [-0.15, -0.1) is 0 Å². The van der Waals surface area contributed by atoms with E-state index in [0.29, 0.717) is 35.2 Å². The third-order valence-electron chi connectivity index (χ3n) is 2.85. The Bertz CT molecular complexity index is 479. The van der Waals surface area contributed by atoms with E-state index in [4.69, 9.17) is 15.2 Å². The van der Waals surface area contributed by atoms with Crippen LogP contribution in [0.25, 0.3) is 0 Å². The molecule has 1 aromatic rings. The van der Waals surface area contributed by atoms with E-state index in [1.807, 2.05) is 6.26 Å². The maximum absolute atomic E-state index is 12.1. The van der Waals surface area contributed by atoms with Gasteiger partial charge in [-0.3, -0.25) is 4.79 Å². The van der Waals surface area contributed by atoms with E-state index >= 15 is 0 Å². The number of hydrogen-bond donors (Lipinski definition) is 2. The van der Waals surface area contributed by atoms with Crippen LogP contribution in [0.1, 0.15) is 17.3 Å². The lowest BCUT2D eigenvalue weighted by molar-refractivity contribution is 0.0949. The number of benzene rings is 1. The topological polar surface area (TPSA) is 73.6 Å². The highest BCUT2D eigenvalue weighted by Crippen LogP contribution is 2.35. The van der Waals surface area contributed by atoms with Crippen LogP contribution in [0.5, 0.6) is 11.5 Å². The molecule has 0 saturated heterocycles. The second-order valence-corrected chi connectivity index (χ2v) is 5.47. The Morgan fingerprint density at radius 3 is 2.84 bits per heavy atom. The number of hydrogen-bond acceptors (Lipinski definition) is 5. The van der Waals surface area contributed by atoms with Gasteiger partial charge in [0.15, 0.2) is 11.5 Å². The van der Waals surface area contributed by atoms with Crippen LogP contribution < -0.4 is 20.5 Å². The smallest absolute Gasteiger partial charge is 0.253 e. The lowest BCUT2D eigenvalue weighted by Crippen LogP contribution is -2.29. The fourth-order valence-electron chi connectivity index (χ4n) is 1.86. The largest absolute Gasteiger partial charge is 0.454 e. The maximum Gasteiger partial charge on any atom is 0.253 e. The van der Waals surface area contributed by atoms with Gasteiger partial charge < -0.3 is 20.5 Å². The first kappa shape index (κ1) is 13.9. The Balaban J connectivity index is 2.03. The molecule has 0 aromatic heterocycles. The molecule has 19 heavy (non-hydrogen) atoms. The van der Waals surface area contributed by atoms with Crippen LogP contribution in [-0.4, -0.2) is 31.3 Å². The van der Waals surface area contributed by atoms with Crippen LogP contribution in [0, 0.1) is 5.92 Å². The SMILES string of the molecule is CSCC(C)CNC(=O)c1cc2c(cc1N)OCO2. The van der Waals surface area contributed by atoms with Gasteiger partial charge in [0.25, 0.3) is 5.91 Å². The van der Waals surface area contributed by atoms with Crippen molar-refractivity contribution in [3.63, 3.8) is 0 Å². The monoisotopic (exact) mass is 282 g/mol. The molecule has 1 atom stereocenters. The van der Waals surface area contributed by atoms with Gasteiger partial charge in [0.05, 0.1) is 5.56 Å². The second-order valence-electron chi connectivity index (χ2n) is 4.56.